The van der Waals surface area contributed by atoms with E-state index in [-0.39, 0.29) is 0 Å². The normalized spacial score (nSPS) is 14.4. The molecule has 0 saturated carbocycles. The average Bonchev–Trinajstić information content (AvgIpc) is 3.01. The molecule has 110 valence electrons. The van der Waals surface area contributed by atoms with Crippen LogP contribution in [0.15, 0.2) is 42.5 Å². The molecule has 3 nitrogen and oxygen atoms in total. The van der Waals surface area contributed by atoms with Crippen LogP contribution in [0.3, 0.4) is 0 Å². The van der Waals surface area contributed by atoms with E-state index in [9.17, 15) is 5.11 Å². The number of aryl methyl sites for hydroxylation is 1. The zero-order valence-corrected chi connectivity index (χ0v) is 12.2. The Bertz CT molecular complexity index is 604. The predicted molar refractivity (Wildman–Crippen MR) is 81.9 cm³/mol. The number of hydrogen-bond donors (Lipinski definition) is 1. The van der Waals surface area contributed by atoms with E-state index in [0.29, 0.717) is 6.42 Å². The lowest BCUT2D eigenvalue weighted by Crippen LogP contribution is -2.02. The number of fused-ring (bicyclic) bond motifs is 1. The van der Waals surface area contributed by atoms with Crippen LogP contribution in [0.4, 0.5) is 0 Å². The summed E-state index contributed by atoms with van der Waals surface area (Å²) in [5, 5.41) is 10.4. The molecule has 3 heteroatoms. The smallest absolute Gasteiger partial charge is 0.128 e. The number of ether oxygens (including phenoxy) is 2. The van der Waals surface area contributed by atoms with Gasteiger partial charge in [0.15, 0.2) is 0 Å². The first-order valence-corrected chi connectivity index (χ1v) is 7.33. The Morgan fingerprint density at radius 2 is 2.00 bits per heavy atom. The number of benzene rings is 2. The van der Waals surface area contributed by atoms with E-state index in [0.717, 1.165) is 36.5 Å². The summed E-state index contributed by atoms with van der Waals surface area (Å²) < 4.78 is 10.8. The minimum atomic E-state index is -0.486. The summed E-state index contributed by atoms with van der Waals surface area (Å²) in [7, 11) is 1.66. The molecule has 0 aliphatic carbocycles. The number of hydrogen-bond acceptors (Lipinski definition) is 3. The summed E-state index contributed by atoms with van der Waals surface area (Å²) in [5.41, 5.74) is 3.32. The van der Waals surface area contributed by atoms with Crippen molar-refractivity contribution in [3.8, 4) is 11.5 Å². The molecule has 1 unspecified atom stereocenters. The molecule has 0 fully saturated rings. The molecule has 0 aromatic heterocycles. The van der Waals surface area contributed by atoms with Gasteiger partial charge in [0.2, 0.25) is 0 Å². The molecule has 0 spiro atoms. The highest BCUT2D eigenvalue weighted by molar-refractivity contribution is 5.45. The van der Waals surface area contributed by atoms with Crippen LogP contribution in [0.2, 0.25) is 0 Å². The summed E-state index contributed by atoms with van der Waals surface area (Å²) in [6.07, 6.45) is 1.97. The maximum absolute atomic E-state index is 10.4. The lowest BCUT2D eigenvalue weighted by molar-refractivity contribution is 0.163. The van der Waals surface area contributed by atoms with Crippen molar-refractivity contribution in [3.05, 3.63) is 59.2 Å². The maximum Gasteiger partial charge on any atom is 0.128 e. The molecule has 1 heterocycles. The Hall–Kier alpha value is -2.00. The van der Waals surface area contributed by atoms with E-state index in [1.807, 2.05) is 36.4 Å². The molecule has 1 aliphatic heterocycles. The van der Waals surface area contributed by atoms with Gasteiger partial charge >= 0.3 is 0 Å². The third-order valence-corrected chi connectivity index (χ3v) is 3.97. The number of methoxy groups -OCH3 is 1. The van der Waals surface area contributed by atoms with Crippen LogP contribution in [0, 0.1) is 0 Å². The van der Waals surface area contributed by atoms with Crippen LogP contribution in [-0.2, 0) is 12.8 Å². The molecule has 2 aromatic rings. The maximum atomic E-state index is 10.4. The number of aliphatic hydroxyl groups is 1. The van der Waals surface area contributed by atoms with E-state index in [2.05, 4.69) is 6.07 Å². The van der Waals surface area contributed by atoms with Crippen molar-refractivity contribution < 1.29 is 14.6 Å². The second-order valence-corrected chi connectivity index (χ2v) is 5.34. The highest BCUT2D eigenvalue weighted by Crippen LogP contribution is 2.35. The first-order valence-electron chi connectivity index (χ1n) is 7.33. The molecule has 0 amide bonds. The Balaban J connectivity index is 1.66. The van der Waals surface area contributed by atoms with Crippen LogP contribution < -0.4 is 9.47 Å². The van der Waals surface area contributed by atoms with Gasteiger partial charge in [0.1, 0.15) is 11.5 Å². The summed E-state index contributed by atoms with van der Waals surface area (Å²) in [4.78, 5) is 0. The topological polar surface area (TPSA) is 38.7 Å². The van der Waals surface area contributed by atoms with E-state index < -0.39 is 6.10 Å². The zero-order valence-electron chi connectivity index (χ0n) is 12.2. The average molecular weight is 284 g/mol. The zero-order chi connectivity index (χ0) is 14.7. The Morgan fingerprint density at radius 3 is 2.76 bits per heavy atom. The molecule has 3 rings (SSSR count). The van der Waals surface area contributed by atoms with Gasteiger partial charge in [0, 0.05) is 12.0 Å². The second-order valence-electron chi connectivity index (χ2n) is 5.34. The molecular formula is C18H20O3. The van der Waals surface area contributed by atoms with Crippen molar-refractivity contribution in [2.45, 2.75) is 25.4 Å². The van der Waals surface area contributed by atoms with Gasteiger partial charge in [-0.2, -0.15) is 0 Å². The third kappa shape index (κ3) is 3.03. The molecule has 2 aromatic carbocycles. The number of rotatable bonds is 5. The van der Waals surface area contributed by atoms with Gasteiger partial charge in [-0.25, -0.2) is 0 Å². The Morgan fingerprint density at radius 1 is 1.19 bits per heavy atom. The van der Waals surface area contributed by atoms with Crippen LogP contribution >= 0.6 is 0 Å². The van der Waals surface area contributed by atoms with E-state index >= 15 is 0 Å². The summed E-state index contributed by atoms with van der Waals surface area (Å²) in [6, 6.07) is 14.0. The summed E-state index contributed by atoms with van der Waals surface area (Å²) >= 11 is 0. The van der Waals surface area contributed by atoms with Gasteiger partial charge < -0.3 is 14.6 Å². The quantitative estimate of drug-likeness (QED) is 0.915. The molecule has 0 radical (unpaired) electrons. The largest absolute Gasteiger partial charge is 0.497 e. The van der Waals surface area contributed by atoms with Gasteiger partial charge in [0.25, 0.3) is 0 Å². The first kappa shape index (κ1) is 14.0. The monoisotopic (exact) mass is 284 g/mol. The molecule has 0 bridgehead atoms. The van der Waals surface area contributed by atoms with Gasteiger partial charge in [-0.15, -0.1) is 0 Å². The highest BCUT2D eigenvalue weighted by Gasteiger charge is 2.20. The Kier molecular flexibility index (Phi) is 4.11. The predicted octanol–water partition coefficient (Wildman–Crippen LogP) is 3.30. The molecule has 1 aliphatic rings. The first-order chi connectivity index (χ1) is 10.3. The third-order valence-electron chi connectivity index (χ3n) is 3.97. The number of para-hydroxylation sites is 1. The lowest BCUT2D eigenvalue weighted by atomic mass is 9.98. The van der Waals surface area contributed by atoms with E-state index in [1.165, 1.54) is 11.1 Å². The standard InChI is InChI=1S/C18H20O3/c1-20-15-8-5-13(6-9-15)7-10-17(19)16-4-2-3-14-11-12-21-18(14)16/h2-6,8-9,17,19H,7,10-12H2,1H3. The van der Waals surface area contributed by atoms with Gasteiger partial charge in [-0.05, 0) is 36.1 Å². The van der Waals surface area contributed by atoms with Gasteiger partial charge in [-0.3, -0.25) is 0 Å². The fourth-order valence-corrected chi connectivity index (χ4v) is 2.75. The van der Waals surface area contributed by atoms with Crippen molar-refractivity contribution in [3.63, 3.8) is 0 Å². The van der Waals surface area contributed by atoms with Crippen LogP contribution in [-0.4, -0.2) is 18.8 Å². The van der Waals surface area contributed by atoms with Crippen molar-refractivity contribution in [1.82, 2.24) is 0 Å². The van der Waals surface area contributed by atoms with Gasteiger partial charge in [-0.1, -0.05) is 30.3 Å². The fraction of sp³-hybridized carbons (Fsp3) is 0.333. The van der Waals surface area contributed by atoms with Crippen molar-refractivity contribution >= 4 is 0 Å². The SMILES string of the molecule is COc1ccc(CCC(O)c2cccc3c2OCC3)cc1. The van der Waals surface area contributed by atoms with Crippen LogP contribution in [0.5, 0.6) is 11.5 Å². The van der Waals surface area contributed by atoms with Gasteiger partial charge in [0.05, 0.1) is 19.8 Å². The molecular weight excluding hydrogens is 264 g/mol. The molecule has 1 atom stereocenters. The number of aliphatic hydroxyl groups excluding tert-OH is 1. The molecule has 1 N–H and O–H groups in total. The van der Waals surface area contributed by atoms with Crippen LogP contribution in [0.1, 0.15) is 29.2 Å². The lowest BCUT2D eigenvalue weighted by Gasteiger charge is -2.14. The summed E-state index contributed by atoms with van der Waals surface area (Å²) in [6.45, 7) is 0.720. The fourth-order valence-electron chi connectivity index (χ4n) is 2.75. The highest BCUT2D eigenvalue weighted by atomic mass is 16.5. The molecule has 0 saturated heterocycles. The van der Waals surface area contributed by atoms with Crippen molar-refractivity contribution in [2.75, 3.05) is 13.7 Å². The molecule has 21 heavy (non-hydrogen) atoms. The van der Waals surface area contributed by atoms with E-state index in [4.69, 9.17) is 9.47 Å². The van der Waals surface area contributed by atoms with Crippen molar-refractivity contribution in [2.24, 2.45) is 0 Å². The minimum Gasteiger partial charge on any atom is -0.497 e. The van der Waals surface area contributed by atoms with Crippen molar-refractivity contribution in [1.29, 1.82) is 0 Å². The van der Waals surface area contributed by atoms with E-state index in [1.54, 1.807) is 7.11 Å². The van der Waals surface area contributed by atoms with Crippen LogP contribution in [0.25, 0.3) is 0 Å². The Labute approximate surface area is 125 Å². The summed E-state index contributed by atoms with van der Waals surface area (Å²) in [5.74, 6) is 1.74. The minimum absolute atomic E-state index is 0.486. The second kappa shape index (κ2) is 6.19.